The summed E-state index contributed by atoms with van der Waals surface area (Å²) < 4.78 is 13.5. The molecule has 150 valence electrons. The largest absolute Gasteiger partial charge is 0.352 e. The van der Waals surface area contributed by atoms with E-state index < -0.39 is 0 Å². The van der Waals surface area contributed by atoms with E-state index in [1.165, 1.54) is 6.07 Å². The molecule has 0 aromatic heterocycles. The number of benzene rings is 2. The van der Waals surface area contributed by atoms with Crippen molar-refractivity contribution < 1.29 is 9.18 Å². The topological polar surface area (TPSA) is 65.5 Å². The third-order valence-electron chi connectivity index (χ3n) is 4.12. The number of halogens is 1. The first-order valence-electron chi connectivity index (χ1n) is 9.15. The van der Waals surface area contributed by atoms with Crippen LogP contribution in [-0.2, 0) is 18.8 Å². The Hall–Kier alpha value is -2.54. The average Bonchev–Trinajstić information content (AvgIpc) is 2.70. The van der Waals surface area contributed by atoms with Gasteiger partial charge in [-0.25, -0.2) is 4.39 Å². The van der Waals surface area contributed by atoms with Gasteiger partial charge in [-0.15, -0.1) is 0 Å². The second-order valence-corrected chi connectivity index (χ2v) is 7.05. The number of thioether (sulfide) groups is 1. The highest BCUT2D eigenvalue weighted by Gasteiger charge is 2.07. The van der Waals surface area contributed by atoms with Crippen molar-refractivity contribution in [2.24, 2.45) is 4.99 Å². The van der Waals surface area contributed by atoms with Crippen LogP contribution in [0.5, 0.6) is 0 Å². The summed E-state index contributed by atoms with van der Waals surface area (Å²) in [5, 5.41) is 9.30. The van der Waals surface area contributed by atoms with Gasteiger partial charge in [0.1, 0.15) is 5.82 Å². The van der Waals surface area contributed by atoms with Gasteiger partial charge >= 0.3 is 0 Å². The van der Waals surface area contributed by atoms with E-state index in [0.717, 1.165) is 22.4 Å². The molecule has 2 aromatic rings. The summed E-state index contributed by atoms with van der Waals surface area (Å²) >= 11 is 1.66. The smallest absolute Gasteiger partial charge is 0.251 e. The zero-order valence-corrected chi connectivity index (χ0v) is 17.3. The number of carbonyl (C=O) groups is 1. The van der Waals surface area contributed by atoms with Crippen LogP contribution in [0.3, 0.4) is 0 Å². The van der Waals surface area contributed by atoms with E-state index in [1.54, 1.807) is 37.0 Å². The van der Waals surface area contributed by atoms with Crippen molar-refractivity contribution in [2.45, 2.75) is 25.8 Å². The maximum absolute atomic E-state index is 13.5. The van der Waals surface area contributed by atoms with Gasteiger partial charge in [0.05, 0.1) is 0 Å². The zero-order chi connectivity index (χ0) is 20.4. The molecule has 0 heterocycles. The molecule has 0 aliphatic carbocycles. The van der Waals surface area contributed by atoms with Gasteiger partial charge in [-0.3, -0.25) is 9.79 Å². The molecule has 2 aromatic carbocycles. The fourth-order valence-corrected chi connectivity index (χ4v) is 3.31. The Morgan fingerprint density at radius 2 is 1.86 bits per heavy atom. The van der Waals surface area contributed by atoms with E-state index in [1.807, 2.05) is 31.4 Å². The SMILES string of the molecule is CCNC(=O)c1cccc(CNC(=NC)NCc2ccc(F)cc2CSC)c1. The van der Waals surface area contributed by atoms with Crippen LogP contribution in [0.4, 0.5) is 4.39 Å². The molecule has 0 fully saturated rings. The van der Waals surface area contributed by atoms with Gasteiger partial charge in [-0.2, -0.15) is 11.8 Å². The zero-order valence-electron chi connectivity index (χ0n) is 16.5. The first-order valence-corrected chi connectivity index (χ1v) is 10.5. The van der Waals surface area contributed by atoms with Crippen LogP contribution < -0.4 is 16.0 Å². The Morgan fingerprint density at radius 3 is 2.57 bits per heavy atom. The Labute approximate surface area is 170 Å². The second kappa shape index (κ2) is 11.3. The van der Waals surface area contributed by atoms with E-state index in [2.05, 4.69) is 20.9 Å². The molecule has 7 heteroatoms. The number of rotatable bonds is 8. The van der Waals surface area contributed by atoms with Gasteiger partial charge in [0, 0.05) is 38.0 Å². The lowest BCUT2D eigenvalue weighted by Crippen LogP contribution is -2.36. The molecule has 0 aliphatic rings. The second-order valence-electron chi connectivity index (χ2n) is 6.19. The Balaban J connectivity index is 1.95. The molecule has 0 saturated heterocycles. The predicted octanol–water partition coefficient (Wildman–Crippen LogP) is 3.30. The molecule has 0 saturated carbocycles. The van der Waals surface area contributed by atoms with Crippen molar-refractivity contribution in [2.75, 3.05) is 19.8 Å². The minimum Gasteiger partial charge on any atom is -0.352 e. The molecule has 1 amide bonds. The van der Waals surface area contributed by atoms with Crippen molar-refractivity contribution in [1.82, 2.24) is 16.0 Å². The first-order chi connectivity index (χ1) is 13.6. The van der Waals surface area contributed by atoms with Crippen LogP contribution >= 0.6 is 11.8 Å². The Morgan fingerprint density at radius 1 is 1.07 bits per heavy atom. The lowest BCUT2D eigenvalue weighted by molar-refractivity contribution is 0.0955. The number of guanidine groups is 1. The third kappa shape index (κ3) is 6.56. The van der Waals surface area contributed by atoms with Crippen LogP contribution in [-0.4, -0.2) is 31.7 Å². The predicted molar refractivity (Wildman–Crippen MR) is 115 cm³/mol. The summed E-state index contributed by atoms with van der Waals surface area (Å²) in [5.74, 6) is 1.10. The maximum Gasteiger partial charge on any atom is 0.251 e. The molecule has 5 nitrogen and oxygen atoms in total. The van der Waals surface area contributed by atoms with Gasteiger partial charge in [0.25, 0.3) is 5.91 Å². The van der Waals surface area contributed by atoms with Crippen LogP contribution in [0.15, 0.2) is 47.5 Å². The highest BCUT2D eigenvalue weighted by atomic mass is 32.2. The fraction of sp³-hybridized carbons (Fsp3) is 0.333. The molecule has 0 aliphatic heterocycles. The van der Waals surface area contributed by atoms with Crippen LogP contribution in [0.1, 0.15) is 34.0 Å². The van der Waals surface area contributed by atoms with Gasteiger partial charge in [-0.05, 0) is 54.1 Å². The molecule has 0 atom stereocenters. The normalized spacial score (nSPS) is 11.2. The summed E-state index contributed by atoms with van der Waals surface area (Å²) in [6.07, 6.45) is 2.00. The lowest BCUT2D eigenvalue weighted by Gasteiger charge is -2.14. The van der Waals surface area contributed by atoms with Crippen molar-refractivity contribution >= 4 is 23.6 Å². The van der Waals surface area contributed by atoms with Crippen molar-refractivity contribution in [3.63, 3.8) is 0 Å². The van der Waals surface area contributed by atoms with Gasteiger partial charge in [0.2, 0.25) is 0 Å². The minimum absolute atomic E-state index is 0.0792. The van der Waals surface area contributed by atoms with Crippen LogP contribution in [0.2, 0.25) is 0 Å². The van der Waals surface area contributed by atoms with Gasteiger partial charge < -0.3 is 16.0 Å². The quantitative estimate of drug-likeness (QED) is 0.468. The third-order valence-corrected chi connectivity index (χ3v) is 4.72. The molecule has 0 spiro atoms. The first kappa shape index (κ1) is 21.8. The standard InChI is InChI=1S/C21H27FN4OS/c1-4-24-20(27)16-7-5-6-15(10-16)12-25-21(23-2)26-13-17-8-9-19(22)11-18(17)14-28-3/h5-11H,4,12-14H2,1-3H3,(H,24,27)(H2,23,25,26). The number of aliphatic imine (C=N–C) groups is 1. The summed E-state index contributed by atoms with van der Waals surface area (Å²) in [7, 11) is 1.70. The molecule has 0 unspecified atom stereocenters. The molecule has 0 bridgehead atoms. The van der Waals surface area contributed by atoms with E-state index in [0.29, 0.717) is 31.2 Å². The van der Waals surface area contributed by atoms with E-state index in [-0.39, 0.29) is 11.7 Å². The number of amides is 1. The molecule has 2 rings (SSSR count). The van der Waals surface area contributed by atoms with Gasteiger partial charge in [0.15, 0.2) is 5.96 Å². The maximum atomic E-state index is 13.5. The molecular formula is C21H27FN4OS. The monoisotopic (exact) mass is 402 g/mol. The summed E-state index contributed by atoms with van der Waals surface area (Å²) in [5.41, 5.74) is 3.63. The van der Waals surface area contributed by atoms with Crippen molar-refractivity contribution in [3.05, 3.63) is 70.5 Å². The molecular weight excluding hydrogens is 375 g/mol. The number of hydrogen-bond donors (Lipinski definition) is 3. The van der Waals surface area contributed by atoms with E-state index in [9.17, 15) is 9.18 Å². The Kier molecular flexibility index (Phi) is 8.81. The summed E-state index contributed by atoms with van der Waals surface area (Å²) in [4.78, 5) is 16.2. The molecule has 0 radical (unpaired) electrons. The lowest BCUT2D eigenvalue weighted by atomic mass is 10.1. The molecule has 3 N–H and O–H groups in total. The number of carbonyl (C=O) groups excluding carboxylic acids is 1. The summed E-state index contributed by atoms with van der Waals surface area (Å²) in [6, 6.07) is 12.3. The molecule has 28 heavy (non-hydrogen) atoms. The minimum atomic E-state index is -0.220. The van der Waals surface area contributed by atoms with Crippen molar-refractivity contribution in [1.29, 1.82) is 0 Å². The van der Waals surface area contributed by atoms with Crippen LogP contribution in [0, 0.1) is 5.82 Å². The highest BCUT2D eigenvalue weighted by Crippen LogP contribution is 2.16. The van der Waals surface area contributed by atoms with E-state index in [4.69, 9.17) is 0 Å². The number of nitrogens with one attached hydrogen (secondary N) is 3. The number of hydrogen-bond acceptors (Lipinski definition) is 3. The summed E-state index contributed by atoms with van der Waals surface area (Å²) in [6.45, 7) is 3.58. The highest BCUT2D eigenvalue weighted by molar-refractivity contribution is 7.97. The van der Waals surface area contributed by atoms with Crippen LogP contribution in [0.25, 0.3) is 0 Å². The fourth-order valence-electron chi connectivity index (χ4n) is 2.73. The number of nitrogens with zero attached hydrogens (tertiary/aromatic N) is 1. The average molecular weight is 403 g/mol. The van der Waals surface area contributed by atoms with E-state index >= 15 is 0 Å². The van der Waals surface area contributed by atoms with Gasteiger partial charge in [-0.1, -0.05) is 18.2 Å². The Bertz CT molecular complexity index is 826. The van der Waals surface area contributed by atoms with Crippen molar-refractivity contribution in [3.8, 4) is 0 Å².